The highest BCUT2D eigenvalue weighted by molar-refractivity contribution is 5.77. The molecule has 0 aromatic rings. The fourth-order valence-electron chi connectivity index (χ4n) is 2.90. The molecule has 0 aromatic heterocycles. The van der Waals surface area contributed by atoms with Crippen LogP contribution in [0.4, 0.5) is 0 Å². The van der Waals surface area contributed by atoms with Crippen molar-refractivity contribution in [3.63, 3.8) is 0 Å². The van der Waals surface area contributed by atoms with Crippen LogP contribution in [-0.4, -0.2) is 18.0 Å². The fourth-order valence-corrected chi connectivity index (χ4v) is 2.90. The summed E-state index contributed by atoms with van der Waals surface area (Å²) in [4.78, 5) is 12.2. The van der Waals surface area contributed by atoms with Gasteiger partial charge in [-0.15, -0.1) is 0 Å². The Morgan fingerprint density at radius 3 is 2.22 bits per heavy atom. The van der Waals surface area contributed by atoms with Gasteiger partial charge >= 0.3 is 0 Å². The van der Waals surface area contributed by atoms with Crippen LogP contribution in [0.5, 0.6) is 0 Å². The van der Waals surface area contributed by atoms with Crippen LogP contribution < -0.4 is 11.1 Å². The summed E-state index contributed by atoms with van der Waals surface area (Å²) in [7, 11) is 0. The van der Waals surface area contributed by atoms with Crippen molar-refractivity contribution in [1.82, 2.24) is 5.32 Å². The number of nitrogens with one attached hydrogen (secondary N) is 1. The fraction of sp³-hybridized carbons (Fsp3) is 0.933. The van der Waals surface area contributed by atoms with Crippen LogP contribution in [0.15, 0.2) is 0 Å². The predicted molar refractivity (Wildman–Crippen MR) is 76.3 cm³/mol. The Hall–Kier alpha value is -0.570. The maximum atomic E-state index is 12.2. The summed E-state index contributed by atoms with van der Waals surface area (Å²) in [6.07, 6.45) is 8.55. The normalized spacial score (nSPS) is 19.6. The van der Waals surface area contributed by atoms with Crippen LogP contribution in [0.2, 0.25) is 0 Å². The SMILES string of the molecule is CCC(C)(CC)NC(=O)CC1(CN)CCCCC1. The molecule has 0 spiro atoms. The summed E-state index contributed by atoms with van der Waals surface area (Å²) < 4.78 is 0. The molecule has 1 fully saturated rings. The summed E-state index contributed by atoms with van der Waals surface area (Å²) in [5.41, 5.74) is 5.96. The van der Waals surface area contributed by atoms with Gasteiger partial charge in [0.1, 0.15) is 0 Å². The molecule has 0 heterocycles. The smallest absolute Gasteiger partial charge is 0.221 e. The van der Waals surface area contributed by atoms with Gasteiger partial charge in [0.2, 0.25) is 5.91 Å². The number of amides is 1. The molecule has 0 aromatic carbocycles. The zero-order valence-corrected chi connectivity index (χ0v) is 12.3. The van der Waals surface area contributed by atoms with E-state index in [1.807, 2.05) is 0 Å². The van der Waals surface area contributed by atoms with Crippen molar-refractivity contribution in [1.29, 1.82) is 0 Å². The number of carbonyl (C=O) groups is 1. The third kappa shape index (κ3) is 3.98. The van der Waals surface area contributed by atoms with Crippen LogP contribution in [0.1, 0.15) is 72.1 Å². The molecule has 106 valence electrons. The minimum atomic E-state index is -0.0540. The number of nitrogens with two attached hydrogens (primary N) is 1. The third-order valence-corrected chi connectivity index (χ3v) is 4.88. The van der Waals surface area contributed by atoms with E-state index >= 15 is 0 Å². The number of hydrogen-bond donors (Lipinski definition) is 2. The Balaban J connectivity index is 2.57. The van der Waals surface area contributed by atoms with E-state index in [1.54, 1.807) is 0 Å². The summed E-state index contributed by atoms with van der Waals surface area (Å²) in [5, 5.41) is 3.20. The maximum absolute atomic E-state index is 12.2. The van der Waals surface area contributed by atoms with E-state index in [-0.39, 0.29) is 16.9 Å². The van der Waals surface area contributed by atoms with Gasteiger partial charge in [-0.2, -0.15) is 0 Å². The standard InChI is InChI=1S/C15H30N2O/c1-4-14(3,5-2)17-13(18)11-15(12-16)9-7-6-8-10-15/h4-12,16H2,1-3H3,(H,17,18). The van der Waals surface area contributed by atoms with Crippen LogP contribution in [0, 0.1) is 5.41 Å². The first-order chi connectivity index (χ1) is 8.49. The Labute approximate surface area is 112 Å². The quantitative estimate of drug-likeness (QED) is 0.765. The van der Waals surface area contributed by atoms with Crippen molar-refractivity contribution in [3.05, 3.63) is 0 Å². The highest BCUT2D eigenvalue weighted by atomic mass is 16.1. The molecule has 0 aliphatic heterocycles. The molecule has 1 rings (SSSR count). The van der Waals surface area contributed by atoms with Crippen molar-refractivity contribution >= 4 is 5.91 Å². The Kier molecular flexibility index (Phi) is 5.64. The van der Waals surface area contributed by atoms with E-state index < -0.39 is 0 Å². The van der Waals surface area contributed by atoms with Gasteiger partial charge in [0.15, 0.2) is 0 Å². The largest absolute Gasteiger partial charge is 0.351 e. The van der Waals surface area contributed by atoms with E-state index in [2.05, 4.69) is 26.1 Å². The minimum absolute atomic E-state index is 0.0540. The molecule has 0 atom stereocenters. The van der Waals surface area contributed by atoms with Crippen molar-refractivity contribution in [3.8, 4) is 0 Å². The monoisotopic (exact) mass is 254 g/mol. The van der Waals surface area contributed by atoms with Crippen molar-refractivity contribution in [2.45, 2.75) is 77.7 Å². The summed E-state index contributed by atoms with van der Waals surface area (Å²) >= 11 is 0. The van der Waals surface area contributed by atoms with E-state index in [0.29, 0.717) is 13.0 Å². The molecular weight excluding hydrogens is 224 g/mol. The van der Waals surface area contributed by atoms with E-state index in [0.717, 1.165) is 25.7 Å². The summed E-state index contributed by atoms with van der Waals surface area (Å²) in [5.74, 6) is 0.188. The first kappa shape index (κ1) is 15.5. The van der Waals surface area contributed by atoms with Gasteiger partial charge in [-0.1, -0.05) is 33.1 Å². The summed E-state index contributed by atoms with van der Waals surface area (Å²) in [6.45, 7) is 7.03. The molecule has 0 bridgehead atoms. The molecule has 18 heavy (non-hydrogen) atoms. The lowest BCUT2D eigenvalue weighted by molar-refractivity contribution is -0.125. The minimum Gasteiger partial charge on any atom is -0.351 e. The molecule has 1 aliphatic rings. The highest BCUT2D eigenvalue weighted by Gasteiger charge is 2.34. The molecule has 1 amide bonds. The van der Waals surface area contributed by atoms with Crippen molar-refractivity contribution < 1.29 is 4.79 Å². The molecule has 1 aliphatic carbocycles. The topological polar surface area (TPSA) is 55.1 Å². The molecule has 0 saturated heterocycles. The van der Waals surface area contributed by atoms with Gasteiger partial charge in [0.25, 0.3) is 0 Å². The Bertz CT molecular complexity index is 266. The van der Waals surface area contributed by atoms with Gasteiger partial charge in [-0.25, -0.2) is 0 Å². The average molecular weight is 254 g/mol. The lowest BCUT2D eigenvalue weighted by atomic mass is 9.71. The maximum Gasteiger partial charge on any atom is 0.221 e. The number of carbonyl (C=O) groups excluding carboxylic acids is 1. The summed E-state index contributed by atoms with van der Waals surface area (Å²) in [6, 6.07) is 0. The molecule has 1 saturated carbocycles. The number of hydrogen-bond acceptors (Lipinski definition) is 2. The molecule has 0 unspecified atom stereocenters. The van der Waals surface area contributed by atoms with Gasteiger partial charge < -0.3 is 11.1 Å². The number of rotatable bonds is 6. The van der Waals surface area contributed by atoms with Gasteiger partial charge in [0, 0.05) is 12.0 Å². The second kappa shape index (κ2) is 6.55. The second-order valence-corrected chi connectivity index (χ2v) is 6.26. The van der Waals surface area contributed by atoms with Crippen LogP contribution in [-0.2, 0) is 4.79 Å². The van der Waals surface area contributed by atoms with E-state index in [4.69, 9.17) is 5.73 Å². The first-order valence-corrected chi connectivity index (χ1v) is 7.50. The predicted octanol–water partition coefficient (Wildman–Crippen LogP) is 2.98. The van der Waals surface area contributed by atoms with Crippen LogP contribution in [0.25, 0.3) is 0 Å². The Morgan fingerprint density at radius 1 is 1.22 bits per heavy atom. The third-order valence-electron chi connectivity index (χ3n) is 4.88. The lowest BCUT2D eigenvalue weighted by Gasteiger charge is -2.37. The highest BCUT2D eigenvalue weighted by Crippen LogP contribution is 2.38. The second-order valence-electron chi connectivity index (χ2n) is 6.26. The van der Waals surface area contributed by atoms with E-state index in [9.17, 15) is 4.79 Å². The van der Waals surface area contributed by atoms with Crippen LogP contribution >= 0.6 is 0 Å². The van der Waals surface area contributed by atoms with Gasteiger partial charge in [-0.3, -0.25) is 4.79 Å². The molecule has 3 N–H and O–H groups in total. The zero-order valence-electron chi connectivity index (χ0n) is 12.3. The van der Waals surface area contributed by atoms with Gasteiger partial charge in [0.05, 0.1) is 0 Å². The van der Waals surface area contributed by atoms with E-state index in [1.165, 1.54) is 19.3 Å². The molecule has 3 nitrogen and oxygen atoms in total. The van der Waals surface area contributed by atoms with Crippen molar-refractivity contribution in [2.24, 2.45) is 11.1 Å². The molecule has 3 heteroatoms. The van der Waals surface area contributed by atoms with Crippen LogP contribution in [0.3, 0.4) is 0 Å². The van der Waals surface area contributed by atoms with Crippen molar-refractivity contribution in [2.75, 3.05) is 6.54 Å². The zero-order chi connectivity index (χ0) is 13.6. The molecular formula is C15H30N2O. The lowest BCUT2D eigenvalue weighted by Crippen LogP contribution is -2.47. The average Bonchev–Trinajstić information content (AvgIpc) is 2.39. The van der Waals surface area contributed by atoms with Gasteiger partial charge in [-0.05, 0) is 44.6 Å². The first-order valence-electron chi connectivity index (χ1n) is 7.50. The Morgan fingerprint density at radius 2 is 1.78 bits per heavy atom. The molecule has 0 radical (unpaired) electrons.